The van der Waals surface area contributed by atoms with Gasteiger partial charge in [-0.15, -0.1) is 0 Å². The summed E-state index contributed by atoms with van der Waals surface area (Å²) in [6, 6.07) is 4.98. The molecule has 1 aromatic carbocycles. The third-order valence-electron chi connectivity index (χ3n) is 3.65. The minimum Gasteiger partial charge on any atom is -0.478 e. The fraction of sp³-hybridized carbons (Fsp3) is 0.500. The molecular weight excluding hydrogens is 266 g/mol. The van der Waals surface area contributed by atoms with Gasteiger partial charge in [-0.25, -0.2) is 4.79 Å². The van der Waals surface area contributed by atoms with Crippen molar-refractivity contribution < 1.29 is 15.0 Å². The number of aromatic carboxylic acids is 1. The van der Waals surface area contributed by atoms with E-state index in [2.05, 4.69) is 5.32 Å². The second-order valence-corrected chi connectivity index (χ2v) is 5.37. The molecular formula is C14H18ClNO3. The van der Waals surface area contributed by atoms with E-state index in [-0.39, 0.29) is 22.6 Å². The van der Waals surface area contributed by atoms with E-state index >= 15 is 0 Å². The van der Waals surface area contributed by atoms with Gasteiger partial charge in [0.15, 0.2) is 0 Å². The maximum atomic E-state index is 11.2. The van der Waals surface area contributed by atoms with Gasteiger partial charge in [0.25, 0.3) is 0 Å². The highest BCUT2D eigenvalue weighted by molar-refractivity contribution is 6.34. The summed E-state index contributed by atoms with van der Waals surface area (Å²) in [7, 11) is 0. The van der Waals surface area contributed by atoms with Gasteiger partial charge in [-0.1, -0.05) is 30.5 Å². The molecule has 1 aromatic rings. The zero-order chi connectivity index (χ0) is 13.8. The minimum atomic E-state index is -1.04. The Bertz CT molecular complexity index is 464. The molecule has 0 heterocycles. The number of aliphatic hydroxyl groups is 1. The minimum absolute atomic E-state index is 0.0921. The Morgan fingerprint density at radius 3 is 2.79 bits per heavy atom. The lowest BCUT2D eigenvalue weighted by molar-refractivity contribution is 0.0698. The molecule has 1 aliphatic carbocycles. The van der Waals surface area contributed by atoms with E-state index in [0.717, 1.165) is 25.7 Å². The number of hydrogen-bond donors (Lipinski definition) is 3. The molecule has 1 aliphatic rings. The summed E-state index contributed by atoms with van der Waals surface area (Å²) >= 11 is 5.90. The molecule has 2 rings (SSSR count). The van der Waals surface area contributed by atoms with Crippen LogP contribution in [0.4, 0.5) is 5.69 Å². The van der Waals surface area contributed by atoms with E-state index in [9.17, 15) is 9.90 Å². The lowest BCUT2D eigenvalue weighted by Gasteiger charge is -2.28. The van der Waals surface area contributed by atoms with Gasteiger partial charge in [0.1, 0.15) is 5.56 Å². The molecule has 0 amide bonds. The van der Waals surface area contributed by atoms with Gasteiger partial charge in [-0.2, -0.15) is 0 Å². The van der Waals surface area contributed by atoms with Crippen LogP contribution in [0.25, 0.3) is 0 Å². The Balaban J connectivity index is 2.07. The van der Waals surface area contributed by atoms with Crippen LogP contribution in [-0.2, 0) is 0 Å². The van der Waals surface area contributed by atoms with Crippen molar-refractivity contribution in [3.05, 3.63) is 28.8 Å². The molecule has 0 bridgehead atoms. The van der Waals surface area contributed by atoms with Gasteiger partial charge in [-0.3, -0.25) is 0 Å². The number of anilines is 1. The number of hydrogen-bond acceptors (Lipinski definition) is 3. The molecule has 0 saturated heterocycles. The Labute approximate surface area is 117 Å². The van der Waals surface area contributed by atoms with Crippen LogP contribution in [0.1, 0.15) is 36.0 Å². The Morgan fingerprint density at radius 2 is 2.11 bits per heavy atom. The molecule has 104 valence electrons. The van der Waals surface area contributed by atoms with Crippen molar-refractivity contribution in [1.29, 1.82) is 0 Å². The largest absolute Gasteiger partial charge is 0.478 e. The summed E-state index contributed by atoms with van der Waals surface area (Å²) < 4.78 is 0. The van der Waals surface area contributed by atoms with Gasteiger partial charge in [0, 0.05) is 12.5 Å². The number of benzene rings is 1. The van der Waals surface area contributed by atoms with Gasteiger partial charge in [0.05, 0.1) is 16.8 Å². The highest BCUT2D eigenvalue weighted by Gasteiger charge is 2.23. The summed E-state index contributed by atoms with van der Waals surface area (Å²) in [6.07, 6.45) is 3.68. The van der Waals surface area contributed by atoms with Crippen LogP contribution >= 0.6 is 11.6 Å². The van der Waals surface area contributed by atoms with Crippen LogP contribution in [0.15, 0.2) is 18.2 Å². The average molecular weight is 284 g/mol. The first-order chi connectivity index (χ1) is 9.09. The average Bonchev–Trinajstić information content (AvgIpc) is 2.37. The smallest absolute Gasteiger partial charge is 0.339 e. The molecule has 2 unspecified atom stereocenters. The number of rotatable bonds is 4. The van der Waals surface area contributed by atoms with Gasteiger partial charge in [-0.05, 0) is 25.0 Å². The topological polar surface area (TPSA) is 69.6 Å². The molecule has 4 nitrogen and oxygen atoms in total. The highest BCUT2D eigenvalue weighted by atomic mass is 35.5. The van der Waals surface area contributed by atoms with E-state index in [0.29, 0.717) is 12.2 Å². The predicted octanol–water partition coefficient (Wildman–Crippen LogP) is 3.00. The summed E-state index contributed by atoms with van der Waals surface area (Å²) in [5, 5.41) is 22.4. The third-order valence-corrected chi connectivity index (χ3v) is 3.97. The van der Waals surface area contributed by atoms with Crippen LogP contribution < -0.4 is 5.32 Å². The molecule has 0 aliphatic heterocycles. The molecule has 5 heteroatoms. The number of nitrogens with one attached hydrogen (secondary N) is 1. The van der Waals surface area contributed by atoms with Crippen molar-refractivity contribution in [2.45, 2.75) is 31.8 Å². The predicted molar refractivity (Wildman–Crippen MR) is 74.9 cm³/mol. The molecule has 0 spiro atoms. The van der Waals surface area contributed by atoms with Crippen LogP contribution in [-0.4, -0.2) is 28.8 Å². The summed E-state index contributed by atoms with van der Waals surface area (Å²) in [5.74, 6) is -0.869. The SMILES string of the molecule is O=C(O)c1c(Cl)cccc1NCC1CCCCC1O. The quantitative estimate of drug-likeness (QED) is 0.794. The van der Waals surface area contributed by atoms with Crippen molar-refractivity contribution in [1.82, 2.24) is 0 Å². The van der Waals surface area contributed by atoms with E-state index in [1.54, 1.807) is 18.2 Å². The number of carbonyl (C=O) groups is 1. The first-order valence-electron chi connectivity index (χ1n) is 6.53. The van der Waals surface area contributed by atoms with Crippen molar-refractivity contribution >= 4 is 23.3 Å². The first-order valence-corrected chi connectivity index (χ1v) is 6.91. The molecule has 1 fully saturated rings. The molecule has 0 aromatic heterocycles. The Kier molecular flexibility index (Phi) is 4.66. The monoisotopic (exact) mass is 283 g/mol. The summed E-state index contributed by atoms with van der Waals surface area (Å²) in [4.78, 5) is 11.2. The van der Waals surface area contributed by atoms with E-state index in [4.69, 9.17) is 16.7 Å². The Hall–Kier alpha value is -1.26. The van der Waals surface area contributed by atoms with Crippen molar-refractivity contribution in [3.63, 3.8) is 0 Å². The Morgan fingerprint density at radius 1 is 1.37 bits per heavy atom. The lowest BCUT2D eigenvalue weighted by atomic mass is 9.86. The van der Waals surface area contributed by atoms with Crippen LogP contribution in [0.5, 0.6) is 0 Å². The number of halogens is 1. The van der Waals surface area contributed by atoms with E-state index < -0.39 is 5.97 Å². The van der Waals surface area contributed by atoms with Crippen LogP contribution in [0, 0.1) is 5.92 Å². The fourth-order valence-electron chi connectivity index (χ4n) is 2.56. The van der Waals surface area contributed by atoms with Crippen molar-refractivity contribution in [2.75, 3.05) is 11.9 Å². The normalized spacial score (nSPS) is 23.1. The van der Waals surface area contributed by atoms with Gasteiger partial charge in [0.2, 0.25) is 0 Å². The maximum Gasteiger partial charge on any atom is 0.339 e. The molecule has 2 atom stereocenters. The summed E-state index contributed by atoms with van der Waals surface area (Å²) in [5.41, 5.74) is 0.604. The molecule has 0 radical (unpaired) electrons. The molecule has 19 heavy (non-hydrogen) atoms. The van der Waals surface area contributed by atoms with Gasteiger partial charge >= 0.3 is 5.97 Å². The molecule has 3 N–H and O–H groups in total. The standard InChI is InChI=1S/C14H18ClNO3/c15-10-5-3-6-11(13(10)14(18)19)16-8-9-4-1-2-7-12(9)17/h3,5-6,9,12,16-17H,1-2,4,7-8H2,(H,18,19). The van der Waals surface area contributed by atoms with Crippen molar-refractivity contribution in [3.8, 4) is 0 Å². The van der Waals surface area contributed by atoms with E-state index in [1.807, 2.05) is 0 Å². The van der Waals surface area contributed by atoms with E-state index in [1.165, 1.54) is 0 Å². The second kappa shape index (κ2) is 6.26. The summed E-state index contributed by atoms with van der Waals surface area (Å²) in [6.45, 7) is 0.571. The fourth-order valence-corrected chi connectivity index (χ4v) is 2.81. The highest BCUT2D eigenvalue weighted by Crippen LogP contribution is 2.27. The lowest BCUT2D eigenvalue weighted by Crippen LogP contribution is -2.30. The van der Waals surface area contributed by atoms with Crippen molar-refractivity contribution in [2.24, 2.45) is 5.92 Å². The maximum absolute atomic E-state index is 11.2. The van der Waals surface area contributed by atoms with Gasteiger partial charge < -0.3 is 15.5 Å². The van der Waals surface area contributed by atoms with Crippen LogP contribution in [0.3, 0.4) is 0 Å². The third kappa shape index (κ3) is 3.39. The number of aliphatic hydroxyl groups excluding tert-OH is 1. The zero-order valence-electron chi connectivity index (χ0n) is 10.6. The molecule has 1 saturated carbocycles. The zero-order valence-corrected chi connectivity index (χ0v) is 11.4. The number of carboxylic acids is 1. The van der Waals surface area contributed by atoms with Crippen LogP contribution in [0.2, 0.25) is 5.02 Å². The number of carboxylic acid groups (broad SMARTS) is 1. The second-order valence-electron chi connectivity index (χ2n) is 4.96. The first kappa shape index (κ1) is 14.2.